The summed E-state index contributed by atoms with van der Waals surface area (Å²) in [7, 11) is 0. The van der Waals surface area contributed by atoms with Crippen LogP contribution < -0.4 is 14.5 Å². The van der Waals surface area contributed by atoms with Crippen LogP contribution in [0.5, 0.6) is 5.75 Å². The van der Waals surface area contributed by atoms with Crippen LogP contribution in [0.4, 0.5) is 18.9 Å². The van der Waals surface area contributed by atoms with E-state index in [0.717, 1.165) is 40.8 Å². The van der Waals surface area contributed by atoms with Crippen molar-refractivity contribution in [2.45, 2.75) is 29.0 Å². The van der Waals surface area contributed by atoms with Crippen molar-refractivity contribution >= 4 is 52.2 Å². The number of carbonyl (C=O) groups is 2. The summed E-state index contributed by atoms with van der Waals surface area (Å²) in [6, 6.07) is 18.7. The number of rotatable bonds is 5. The van der Waals surface area contributed by atoms with Crippen molar-refractivity contribution in [1.29, 1.82) is 0 Å². The predicted molar refractivity (Wildman–Crippen MR) is 146 cm³/mol. The van der Waals surface area contributed by atoms with Gasteiger partial charge in [0.2, 0.25) is 11.8 Å². The summed E-state index contributed by atoms with van der Waals surface area (Å²) in [5.41, 5.74) is -0.0155. The quantitative estimate of drug-likeness (QED) is 0.264. The lowest BCUT2D eigenvalue weighted by atomic mass is 9.83. The number of ether oxygens (including phenoxy) is 1. The van der Waals surface area contributed by atoms with E-state index in [1.807, 2.05) is 12.1 Å². The Morgan fingerprint density at radius 1 is 0.925 bits per heavy atom. The summed E-state index contributed by atoms with van der Waals surface area (Å²) < 4.78 is 47.2. The number of nitrogens with zero attached hydrogens (tertiary/aromatic N) is 1. The lowest BCUT2D eigenvalue weighted by molar-refractivity contribution is -0.137. The molecular weight excluding hydrogens is 585 g/mol. The number of amides is 2. The first-order valence-electron chi connectivity index (χ1n) is 12.0. The van der Waals surface area contributed by atoms with Crippen molar-refractivity contribution in [3.05, 3.63) is 109 Å². The molecule has 3 heterocycles. The Balaban J connectivity index is 1.35. The fourth-order valence-corrected chi connectivity index (χ4v) is 7.68. The smallest absolute Gasteiger partial charge is 0.418 e. The Morgan fingerprint density at radius 3 is 2.33 bits per heavy atom. The third-order valence-corrected chi connectivity index (χ3v) is 9.49. The Kier molecular flexibility index (Phi) is 6.76. The van der Waals surface area contributed by atoms with E-state index in [0.29, 0.717) is 37.7 Å². The molecule has 40 heavy (non-hydrogen) atoms. The molecule has 0 unspecified atom stereocenters. The number of nitrogens with one attached hydrogen (secondary N) is 1. The van der Waals surface area contributed by atoms with Gasteiger partial charge in [0.15, 0.2) is 0 Å². The molecule has 204 valence electrons. The van der Waals surface area contributed by atoms with E-state index in [4.69, 9.17) is 16.3 Å². The molecule has 6 rings (SSSR count). The van der Waals surface area contributed by atoms with Gasteiger partial charge in [-0.3, -0.25) is 14.4 Å². The van der Waals surface area contributed by atoms with E-state index in [9.17, 15) is 27.6 Å². The molecule has 3 atom stereocenters. The summed E-state index contributed by atoms with van der Waals surface area (Å²) in [5, 5.41) is 0.0534. The number of thiazole rings is 1. The molecule has 0 aliphatic carbocycles. The number of aromatic amines is 1. The first-order valence-corrected chi connectivity index (χ1v) is 14.1. The maximum atomic E-state index is 13.8. The largest absolute Gasteiger partial charge is 0.489 e. The van der Waals surface area contributed by atoms with Gasteiger partial charge in [0.05, 0.1) is 22.2 Å². The number of aromatic nitrogens is 1. The molecule has 12 heteroatoms. The van der Waals surface area contributed by atoms with Crippen LogP contribution in [-0.2, 0) is 22.4 Å². The second-order valence-corrected chi connectivity index (χ2v) is 11.9. The number of imide groups is 1. The van der Waals surface area contributed by atoms with E-state index in [1.165, 1.54) is 12.1 Å². The first kappa shape index (κ1) is 26.7. The fourth-order valence-electron chi connectivity index (χ4n) is 5.04. The van der Waals surface area contributed by atoms with Gasteiger partial charge in [-0.25, -0.2) is 4.90 Å². The van der Waals surface area contributed by atoms with Crippen LogP contribution in [-0.4, -0.2) is 22.0 Å². The number of halogens is 4. The molecule has 1 aromatic heterocycles. The van der Waals surface area contributed by atoms with Crippen molar-refractivity contribution in [3.8, 4) is 5.75 Å². The third-order valence-electron chi connectivity index (χ3n) is 6.83. The SMILES string of the molecule is O=C1[C@H]2[C@H](c3ccc(OCc4ccc(Cl)cc4)cc3)c3sc(=O)[nH]c3S[C@H]2C(=O)N1c1ccccc1C(F)(F)F. The number of carbonyl (C=O) groups excluding carboxylic acids is 2. The van der Waals surface area contributed by atoms with Gasteiger partial charge in [0, 0.05) is 15.8 Å². The standard InChI is InChI=1S/C28H18ClF3N2O4S2/c29-16-9-5-14(6-10-16)13-38-17-11-7-15(8-12-17)20-21-23(39-24-22(20)40-27(37)33-24)26(36)34(25(21)35)19-4-2-1-3-18(19)28(30,31)32/h1-12,20-21,23H,13H2,(H,33,37)/t20-,21-,23+/m0/s1. The van der Waals surface area contributed by atoms with Crippen LogP contribution >= 0.6 is 34.7 Å². The van der Waals surface area contributed by atoms with Crippen LogP contribution in [0.1, 0.15) is 27.5 Å². The molecule has 6 nitrogen and oxygen atoms in total. The molecule has 0 radical (unpaired) electrons. The number of hydrogen-bond acceptors (Lipinski definition) is 6. The molecule has 1 fully saturated rings. The van der Waals surface area contributed by atoms with Crippen molar-refractivity contribution in [3.63, 3.8) is 0 Å². The van der Waals surface area contributed by atoms with E-state index in [2.05, 4.69) is 4.98 Å². The van der Waals surface area contributed by atoms with Crippen LogP contribution in [0.25, 0.3) is 0 Å². The van der Waals surface area contributed by atoms with E-state index in [-0.39, 0.29) is 4.87 Å². The zero-order valence-electron chi connectivity index (χ0n) is 20.3. The lowest BCUT2D eigenvalue weighted by Gasteiger charge is -2.29. The number of hydrogen-bond donors (Lipinski definition) is 1. The van der Waals surface area contributed by atoms with Crippen LogP contribution in [0.3, 0.4) is 0 Å². The van der Waals surface area contributed by atoms with Gasteiger partial charge in [-0.15, -0.1) is 0 Å². The molecule has 0 spiro atoms. The van der Waals surface area contributed by atoms with Gasteiger partial charge in [-0.1, -0.05) is 71.1 Å². The Bertz CT molecular complexity index is 1670. The molecule has 2 aliphatic rings. The van der Waals surface area contributed by atoms with Gasteiger partial charge < -0.3 is 9.72 Å². The summed E-state index contributed by atoms with van der Waals surface area (Å²) >= 11 is 7.86. The highest BCUT2D eigenvalue weighted by Gasteiger charge is 2.57. The maximum Gasteiger partial charge on any atom is 0.418 e. The highest BCUT2D eigenvalue weighted by atomic mass is 35.5. The Hall–Kier alpha value is -3.54. The predicted octanol–water partition coefficient (Wildman–Crippen LogP) is 6.48. The monoisotopic (exact) mass is 602 g/mol. The minimum Gasteiger partial charge on any atom is -0.489 e. The number of benzene rings is 3. The van der Waals surface area contributed by atoms with Crippen molar-refractivity contribution < 1.29 is 27.5 Å². The number of H-pyrrole nitrogens is 1. The minimum atomic E-state index is -4.76. The Morgan fingerprint density at radius 2 is 1.62 bits per heavy atom. The molecular formula is C28H18ClF3N2O4S2. The first-order chi connectivity index (χ1) is 19.1. The van der Waals surface area contributed by atoms with Crippen LogP contribution in [0.15, 0.2) is 82.6 Å². The molecule has 1 saturated heterocycles. The topological polar surface area (TPSA) is 79.5 Å². The molecule has 0 saturated carbocycles. The highest BCUT2D eigenvalue weighted by Crippen LogP contribution is 2.54. The second kappa shape index (κ2) is 10.1. The number of para-hydroxylation sites is 1. The maximum absolute atomic E-state index is 13.8. The molecule has 0 bridgehead atoms. The van der Waals surface area contributed by atoms with Crippen LogP contribution in [0, 0.1) is 5.92 Å². The van der Waals surface area contributed by atoms with Crippen LogP contribution in [0.2, 0.25) is 5.02 Å². The lowest BCUT2D eigenvalue weighted by Crippen LogP contribution is -2.33. The van der Waals surface area contributed by atoms with E-state index >= 15 is 0 Å². The van der Waals surface area contributed by atoms with Gasteiger partial charge in [-0.2, -0.15) is 13.2 Å². The zero-order chi connectivity index (χ0) is 28.2. The molecule has 4 aromatic rings. The number of fused-ring (bicyclic) bond motifs is 2. The molecule has 2 aliphatic heterocycles. The molecule has 1 N–H and O–H groups in total. The van der Waals surface area contributed by atoms with Crippen molar-refractivity contribution in [2.75, 3.05) is 4.90 Å². The normalized spacial score (nSPS) is 20.4. The average Bonchev–Trinajstić information content (AvgIpc) is 3.42. The fraction of sp³-hybridized carbons (Fsp3) is 0.179. The van der Waals surface area contributed by atoms with E-state index in [1.54, 1.807) is 36.4 Å². The minimum absolute atomic E-state index is 0.297. The van der Waals surface area contributed by atoms with E-state index < -0.39 is 46.3 Å². The van der Waals surface area contributed by atoms with Crippen molar-refractivity contribution in [1.82, 2.24) is 4.98 Å². The molecule has 3 aromatic carbocycles. The highest BCUT2D eigenvalue weighted by molar-refractivity contribution is 8.00. The average molecular weight is 603 g/mol. The van der Waals surface area contributed by atoms with Crippen molar-refractivity contribution in [2.24, 2.45) is 5.92 Å². The van der Waals surface area contributed by atoms with Gasteiger partial charge in [0.1, 0.15) is 17.6 Å². The molecule has 2 amide bonds. The zero-order valence-corrected chi connectivity index (χ0v) is 22.7. The number of alkyl halides is 3. The Labute approximate surface area is 238 Å². The summed E-state index contributed by atoms with van der Waals surface area (Å²) in [5.74, 6) is -2.65. The third kappa shape index (κ3) is 4.71. The second-order valence-electron chi connectivity index (χ2n) is 9.26. The van der Waals surface area contributed by atoms with Gasteiger partial charge >= 0.3 is 11.0 Å². The number of thioether (sulfide) groups is 1. The summed E-state index contributed by atoms with van der Waals surface area (Å²) in [4.78, 5) is 43.2. The van der Waals surface area contributed by atoms with Gasteiger partial charge in [0.25, 0.3) is 0 Å². The summed E-state index contributed by atoms with van der Waals surface area (Å²) in [6.45, 7) is 0.297. The summed E-state index contributed by atoms with van der Waals surface area (Å²) in [6.07, 6.45) is -4.76. The number of anilines is 1. The van der Waals surface area contributed by atoms with Gasteiger partial charge in [-0.05, 0) is 47.5 Å².